The van der Waals surface area contributed by atoms with E-state index in [4.69, 9.17) is 5.26 Å². The fraction of sp³-hybridized carbons (Fsp3) is 0.500. The molecule has 0 bridgehead atoms. The molecule has 16 heavy (non-hydrogen) atoms. The molecule has 1 aliphatic heterocycles. The molecule has 1 aromatic rings. The summed E-state index contributed by atoms with van der Waals surface area (Å²) in [6.07, 6.45) is 7.21. The fourth-order valence-electron chi connectivity index (χ4n) is 2.39. The minimum Gasteiger partial charge on any atom is -0.257 e. The number of hydrogen-bond acceptors (Lipinski definition) is 3. The molecule has 1 aliphatic rings. The van der Waals surface area contributed by atoms with Gasteiger partial charge in [-0.1, -0.05) is 0 Å². The van der Waals surface area contributed by atoms with Crippen LogP contribution < -0.4 is 10.0 Å². The summed E-state index contributed by atoms with van der Waals surface area (Å²) in [7, 11) is 1.98. The van der Waals surface area contributed by atoms with Gasteiger partial charge in [-0.25, -0.2) is 4.59 Å². The van der Waals surface area contributed by atoms with Gasteiger partial charge in [0.25, 0.3) is 0 Å². The van der Waals surface area contributed by atoms with E-state index in [1.54, 1.807) is 6.20 Å². The standard InChI is InChI=1S/C12H17N4/c1-14-16(5-3-2-4-6-16)12-7-11(8-13)9-15-10-12/h7,9-10,14H,2-6H2,1H3/q+1. The van der Waals surface area contributed by atoms with Gasteiger partial charge in [0, 0.05) is 19.3 Å². The molecule has 0 amide bonds. The van der Waals surface area contributed by atoms with E-state index in [1.807, 2.05) is 19.3 Å². The fourth-order valence-corrected chi connectivity index (χ4v) is 2.39. The van der Waals surface area contributed by atoms with E-state index in [9.17, 15) is 0 Å². The molecule has 0 spiro atoms. The predicted octanol–water partition coefficient (Wildman–Crippen LogP) is 1.58. The average molecular weight is 217 g/mol. The summed E-state index contributed by atoms with van der Waals surface area (Å²) in [5.41, 5.74) is 5.11. The number of pyridine rings is 1. The van der Waals surface area contributed by atoms with Crippen LogP contribution >= 0.6 is 0 Å². The zero-order chi connectivity index (χ0) is 11.4. The Morgan fingerprint density at radius 2 is 2.06 bits per heavy atom. The third kappa shape index (κ3) is 1.92. The number of nitrogens with one attached hydrogen (secondary N) is 1. The van der Waals surface area contributed by atoms with Crippen molar-refractivity contribution in [3.8, 4) is 6.07 Å². The van der Waals surface area contributed by atoms with Crippen molar-refractivity contribution in [2.75, 3.05) is 20.1 Å². The van der Waals surface area contributed by atoms with E-state index >= 15 is 0 Å². The Morgan fingerprint density at radius 3 is 2.69 bits per heavy atom. The van der Waals surface area contributed by atoms with Crippen LogP contribution in [0.5, 0.6) is 0 Å². The Morgan fingerprint density at radius 1 is 1.31 bits per heavy atom. The molecule has 0 atom stereocenters. The molecule has 1 N–H and O–H groups in total. The van der Waals surface area contributed by atoms with Crippen LogP contribution in [0.25, 0.3) is 0 Å². The van der Waals surface area contributed by atoms with Gasteiger partial charge in [0.1, 0.15) is 19.2 Å². The highest BCUT2D eigenvalue weighted by Gasteiger charge is 2.32. The maximum absolute atomic E-state index is 8.90. The molecule has 2 heterocycles. The van der Waals surface area contributed by atoms with E-state index in [0.717, 1.165) is 23.4 Å². The molecule has 0 saturated carbocycles. The highest BCUT2D eigenvalue weighted by Crippen LogP contribution is 2.25. The minimum absolute atomic E-state index is 0.635. The van der Waals surface area contributed by atoms with E-state index in [0.29, 0.717) is 5.56 Å². The van der Waals surface area contributed by atoms with Crippen LogP contribution in [0.15, 0.2) is 18.5 Å². The Hall–Kier alpha value is -1.44. The summed E-state index contributed by atoms with van der Waals surface area (Å²) in [5.74, 6) is 0. The molecule has 4 nitrogen and oxygen atoms in total. The highest BCUT2D eigenvalue weighted by atomic mass is 15.7. The molecular formula is C12H17N4+. The molecule has 0 aromatic carbocycles. The van der Waals surface area contributed by atoms with Crippen LogP contribution in [-0.4, -0.2) is 25.1 Å². The molecule has 84 valence electrons. The monoisotopic (exact) mass is 217 g/mol. The van der Waals surface area contributed by atoms with Gasteiger partial charge in [0.2, 0.25) is 0 Å². The first-order valence-electron chi connectivity index (χ1n) is 5.72. The first kappa shape index (κ1) is 11.1. The highest BCUT2D eigenvalue weighted by molar-refractivity contribution is 5.45. The zero-order valence-electron chi connectivity index (χ0n) is 9.61. The lowest BCUT2D eigenvalue weighted by Gasteiger charge is -2.38. The molecular weight excluding hydrogens is 200 g/mol. The Bertz CT molecular complexity index is 402. The number of piperidine rings is 1. The lowest BCUT2D eigenvalue weighted by molar-refractivity contribution is 0.173. The maximum Gasteiger partial charge on any atom is 0.171 e. The number of aromatic nitrogens is 1. The van der Waals surface area contributed by atoms with E-state index in [1.165, 1.54) is 19.3 Å². The van der Waals surface area contributed by atoms with E-state index in [2.05, 4.69) is 16.5 Å². The van der Waals surface area contributed by atoms with Gasteiger partial charge in [-0.3, -0.25) is 4.98 Å². The summed E-state index contributed by atoms with van der Waals surface area (Å²) in [5, 5.41) is 8.90. The first-order chi connectivity index (χ1) is 7.80. The lowest BCUT2D eigenvalue weighted by atomic mass is 10.1. The van der Waals surface area contributed by atoms with Crippen LogP contribution in [0, 0.1) is 11.3 Å². The second-order valence-corrected chi connectivity index (χ2v) is 4.24. The van der Waals surface area contributed by atoms with Crippen molar-refractivity contribution < 1.29 is 0 Å². The number of quaternary nitrogens is 1. The van der Waals surface area contributed by atoms with Crippen molar-refractivity contribution >= 4 is 5.69 Å². The summed E-state index contributed by atoms with van der Waals surface area (Å²) >= 11 is 0. The number of rotatable bonds is 2. The third-order valence-electron chi connectivity index (χ3n) is 3.35. The molecule has 4 heteroatoms. The van der Waals surface area contributed by atoms with Gasteiger partial charge in [-0.05, 0) is 19.3 Å². The van der Waals surface area contributed by atoms with Crippen LogP contribution in [0.1, 0.15) is 24.8 Å². The normalized spacial score (nSPS) is 19.0. The van der Waals surface area contributed by atoms with Gasteiger partial charge in [-0.2, -0.15) is 10.7 Å². The smallest absolute Gasteiger partial charge is 0.171 e. The lowest BCUT2D eigenvalue weighted by Crippen LogP contribution is -2.60. The summed E-state index contributed by atoms with van der Waals surface area (Å²) in [6.45, 7) is 2.15. The topological polar surface area (TPSA) is 48.7 Å². The quantitative estimate of drug-likeness (QED) is 0.765. The SMILES string of the molecule is CN[N+]1(c2cncc(C#N)c2)CCCCC1. The van der Waals surface area contributed by atoms with Crippen LogP contribution in [0.3, 0.4) is 0 Å². The Balaban J connectivity index is 2.35. The van der Waals surface area contributed by atoms with Crippen LogP contribution in [0.2, 0.25) is 0 Å². The van der Waals surface area contributed by atoms with Gasteiger partial charge in [0.15, 0.2) is 5.69 Å². The van der Waals surface area contributed by atoms with Crippen molar-refractivity contribution in [2.45, 2.75) is 19.3 Å². The van der Waals surface area contributed by atoms with Gasteiger partial charge in [0.05, 0.1) is 11.8 Å². The van der Waals surface area contributed by atoms with E-state index in [-0.39, 0.29) is 0 Å². The second-order valence-electron chi connectivity index (χ2n) is 4.24. The van der Waals surface area contributed by atoms with Crippen molar-refractivity contribution in [2.24, 2.45) is 0 Å². The predicted molar refractivity (Wildman–Crippen MR) is 63.4 cm³/mol. The summed E-state index contributed by atoms with van der Waals surface area (Å²) in [6, 6.07) is 4.09. The average Bonchev–Trinajstić information content (AvgIpc) is 2.39. The Kier molecular flexibility index (Phi) is 3.18. The molecule has 0 aliphatic carbocycles. The molecule has 1 saturated heterocycles. The summed E-state index contributed by atoms with van der Waals surface area (Å²) < 4.78 is 0.752. The molecule has 2 rings (SSSR count). The molecule has 1 aromatic heterocycles. The van der Waals surface area contributed by atoms with E-state index < -0.39 is 0 Å². The number of nitriles is 1. The van der Waals surface area contributed by atoms with Crippen LogP contribution in [0.4, 0.5) is 5.69 Å². The summed E-state index contributed by atoms with van der Waals surface area (Å²) in [4.78, 5) is 4.15. The number of nitrogens with zero attached hydrogens (tertiary/aromatic N) is 3. The second kappa shape index (κ2) is 4.60. The number of hydrogen-bond donors (Lipinski definition) is 1. The van der Waals surface area contributed by atoms with Gasteiger partial charge >= 0.3 is 0 Å². The van der Waals surface area contributed by atoms with Crippen molar-refractivity contribution in [3.05, 3.63) is 24.0 Å². The van der Waals surface area contributed by atoms with Crippen molar-refractivity contribution in [1.29, 1.82) is 5.26 Å². The van der Waals surface area contributed by atoms with Crippen molar-refractivity contribution in [3.63, 3.8) is 0 Å². The van der Waals surface area contributed by atoms with Gasteiger partial charge < -0.3 is 0 Å². The molecule has 0 radical (unpaired) electrons. The maximum atomic E-state index is 8.90. The van der Waals surface area contributed by atoms with Crippen LogP contribution in [-0.2, 0) is 0 Å². The molecule has 1 fully saturated rings. The minimum atomic E-state index is 0.635. The van der Waals surface area contributed by atoms with Gasteiger partial charge in [-0.15, -0.1) is 0 Å². The largest absolute Gasteiger partial charge is 0.257 e. The zero-order valence-corrected chi connectivity index (χ0v) is 9.61. The Labute approximate surface area is 96.1 Å². The third-order valence-corrected chi connectivity index (χ3v) is 3.35. The first-order valence-corrected chi connectivity index (χ1v) is 5.72. The van der Waals surface area contributed by atoms with Crippen molar-refractivity contribution in [1.82, 2.24) is 15.0 Å². The molecule has 0 unspecified atom stereocenters.